The van der Waals surface area contributed by atoms with Crippen LogP contribution in [-0.2, 0) is 32.6 Å². The van der Waals surface area contributed by atoms with E-state index in [0.717, 1.165) is 30.6 Å². The van der Waals surface area contributed by atoms with Gasteiger partial charge in [-0.25, -0.2) is 13.4 Å². The predicted molar refractivity (Wildman–Crippen MR) is 134 cm³/mol. The van der Waals surface area contributed by atoms with Crippen LogP contribution < -0.4 is 10.2 Å². The average Bonchev–Trinajstić information content (AvgIpc) is 3.51. The van der Waals surface area contributed by atoms with Gasteiger partial charge in [0.25, 0.3) is 0 Å². The molecule has 0 radical (unpaired) electrons. The van der Waals surface area contributed by atoms with Gasteiger partial charge in [-0.1, -0.05) is 19.1 Å². The molecule has 1 aromatic heterocycles. The van der Waals surface area contributed by atoms with E-state index in [2.05, 4.69) is 16.8 Å². The number of carbonyl (C=O) groups excluding carboxylic acids is 2. The number of rotatable bonds is 7. The molecule has 0 unspecified atom stereocenters. The highest BCUT2D eigenvalue weighted by Crippen LogP contribution is 2.30. The van der Waals surface area contributed by atoms with E-state index >= 15 is 0 Å². The monoisotopic (exact) mass is 495 g/mol. The molecule has 5 rings (SSSR count). The molecule has 184 valence electrons. The first kappa shape index (κ1) is 23.5. The van der Waals surface area contributed by atoms with Gasteiger partial charge in [0.05, 0.1) is 27.3 Å². The van der Waals surface area contributed by atoms with Crippen molar-refractivity contribution < 1.29 is 18.0 Å². The van der Waals surface area contributed by atoms with Crippen LogP contribution >= 0.6 is 0 Å². The number of imidazole rings is 1. The fraction of sp³-hybridized carbons (Fsp3) is 0.400. The van der Waals surface area contributed by atoms with Crippen LogP contribution in [0.15, 0.2) is 47.4 Å². The number of aromatic nitrogens is 2. The first-order valence-electron chi connectivity index (χ1n) is 12.1. The van der Waals surface area contributed by atoms with E-state index in [4.69, 9.17) is 4.98 Å². The van der Waals surface area contributed by atoms with E-state index in [1.54, 1.807) is 18.2 Å². The van der Waals surface area contributed by atoms with Gasteiger partial charge in [0.15, 0.2) is 0 Å². The fourth-order valence-corrected chi connectivity index (χ4v) is 6.41. The molecule has 2 aromatic carbocycles. The molecular weight excluding hydrogens is 466 g/mol. The Hall–Kier alpha value is -3.24. The minimum Gasteiger partial charge on any atom is -0.328 e. The Bertz CT molecular complexity index is 1390. The zero-order chi connectivity index (χ0) is 24.6. The SMILES string of the molecule is CCCn1c(CCC(=O)N2CC(=O)Nc3ccccc32)nc2cc(S(=O)(=O)N3CCCC3)ccc21. The summed E-state index contributed by atoms with van der Waals surface area (Å²) in [7, 11) is -3.53. The van der Waals surface area contributed by atoms with Crippen molar-refractivity contribution in [3.8, 4) is 0 Å². The van der Waals surface area contributed by atoms with Crippen LogP contribution in [0.4, 0.5) is 11.4 Å². The lowest BCUT2D eigenvalue weighted by atomic mass is 10.1. The van der Waals surface area contributed by atoms with Crippen molar-refractivity contribution in [2.45, 2.75) is 50.5 Å². The quantitative estimate of drug-likeness (QED) is 0.542. The maximum Gasteiger partial charge on any atom is 0.244 e. The van der Waals surface area contributed by atoms with E-state index < -0.39 is 10.0 Å². The number of anilines is 2. The molecule has 0 spiro atoms. The molecule has 10 heteroatoms. The number of nitrogens with zero attached hydrogens (tertiary/aromatic N) is 4. The first-order chi connectivity index (χ1) is 16.9. The largest absolute Gasteiger partial charge is 0.328 e. The molecule has 2 aliphatic heterocycles. The second-order valence-corrected chi connectivity index (χ2v) is 10.9. The number of sulfonamides is 1. The Morgan fingerprint density at radius 2 is 1.89 bits per heavy atom. The van der Waals surface area contributed by atoms with Crippen LogP contribution in [0.25, 0.3) is 11.0 Å². The van der Waals surface area contributed by atoms with Crippen LogP contribution in [-0.4, -0.2) is 53.7 Å². The lowest BCUT2D eigenvalue weighted by Crippen LogP contribution is -2.42. The first-order valence-corrected chi connectivity index (χ1v) is 13.5. The minimum absolute atomic E-state index is 0.0149. The number of fused-ring (bicyclic) bond motifs is 2. The summed E-state index contributed by atoms with van der Waals surface area (Å²) in [4.78, 5) is 31.7. The van der Waals surface area contributed by atoms with Gasteiger partial charge in [-0.3, -0.25) is 9.59 Å². The molecule has 2 aliphatic rings. The van der Waals surface area contributed by atoms with Gasteiger partial charge in [-0.15, -0.1) is 0 Å². The van der Waals surface area contributed by atoms with E-state index in [9.17, 15) is 18.0 Å². The van der Waals surface area contributed by atoms with Crippen LogP contribution in [0.3, 0.4) is 0 Å². The van der Waals surface area contributed by atoms with Crippen molar-refractivity contribution in [1.82, 2.24) is 13.9 Å². The molecule has 0 atom stereocenters. The smallest absolute Gasteiger partial charge is 0.244 e. The van der Waals surface area contributed by atoms with Crippen molar-refractivity contribution in [3.63, 3.8) is 0 Å². The summed E-state index contributed by atoms with van der Waals surface area (Å²) in [5.41, 5.74) is 2.79. The standard InChI is InChI=1S/C25H29N5O4S/c1-2-13-29-22-10-9-18(35(33,34)28-14-5-6-15-28)16-20(22)26-23(29)11-12-25(32)30-17-24(31)27-19-7-3-4-8-21(19)30/h3-4,7-10,16H,2,5-6,11-15,17H2,1H3,(H,27,31). The Labute approximate surface area is 204 Å². The Balaban J connectivity index is 1.40. The van der Waals surface area contributed by atoms with Crippen molar-refractivity contribution in [2.24, 2.45) is 0 Å². The summed E-state index contributed by atoms with van der Waals surface area (Å²) in [6.45, 7) is 3.87. The molecule has 0 bridgehead atoms. The van der Waals surface area contributed by atoms with Gasteiger partial charge in [-0.05, 0) is 49.6 Å². The van der Waals surface area contributed by atoms with E-state index in [-0.39, 0.29) is 29.7 Å². The fourth-order valence-electron chi connectivity index (χ4n) is 4.87. The topological polar surface area (TPSA) is 105 Å². The maximum absolute atomic E-state index is 13.1. The maximum atomic E-state index is 13.1. The second-order valence-electron chi connectivity index (χ2n) is 8.99. The van der Waals surface area contributed by atoms with Crippen LogP contribution in [0.1, 0.15) is 38.4 Å². The molecule has 9 nitrogen and oxygen atoms in total. The lowest BCUT2D eigenvalue weighted by molar-refractivity contribution is -0.121. The van der Waals surface area contributed by atoms with Gasteiger partial charge in [0.2, 0.25) is 21.8 Å². The number of amides is 2. The van der Waals surface area contributed by atoms with E-state index in [1.165, 1.54) is 9.21 Å². The predicted octanol–water partition coefficient (Wildman–Crippen LogP) is 3.15. The molecule has 1 N–H and O–H groups in total. The number of hydrogen-bond acceptors (Lipinski definition) is 5. The van der Waals surface area contributed by atoms with Crippen LogP contribution in [0.5, 0.6) is 0 Å². The van der Waals surface area contributed by atoms with Crippen molar-refractivity contribution in [2.75, 3.05) is 29.9 Å². The highest BCUT2D eigenvalue weighted by atomic mass is 32.2. The molecule has 3 heterocycles. The summed E-state index contributed by atoms with van der Waals surface area (Å²) in [6, 6.07) is 12.4. The summed E-state index contributed by atoms with van der Waals surface area (Å²) < 4.78 is 29.6. The number of aryl methyl sites for hydroxylation is 2. The number of para-hydroxylation sites is 2. The minimum atomic E-state index is -3.53. The lowest BCUT2D eigenvalue weighted by Gasteiger charge is -2.29. The van der Waals surface area contributed by atoms with E-state index in [0.29, 0.717) is 42.9 Å². The van der Waals surface area contributed by atoms with Crippen molar-refractivity contribution in [3.05, 3.63) is 48.3 Å². The summed E-state index contributed by atoms with van der Waals surface area (Å²) in [5, 5.41) is 2.80. The highest BCUT2D eigenvalue weighted by Gasteiger charge is 2.29. The van der Waals surface area contributed by atoms with Gasteiger partial charge < -0.3 is 14.8 Å². The average molecular weight is 496 g/mol. The zero-order valence-corrected chi connectivity index (χ0v) is 20.6. The Morgan fingerprint density at radius 1 is 1.11 bits per heavy atom. The summed E-state index contributed by atoms with van der Waals surface area (Å²) in [5.74, 6) is 0.363. The molecule has 0 saturated carbocycles. The molecule has 1 fully saturated rings. The van der Waals surface area contributed by atoms with Crippen molar-refractivity contribution in [1.29, 1.82) is 0 Å². The number of carbonyl (C=O) groups is 2. The summed E-state index contributed by atoms with van der Waals surface area (Å²) in [6.07, 6.45) is 3.22. The number of hydrogen-bond donors (Lipinski definition) is 1. The van der Waals surface area contributed by atoms with Gasteiger partial charge in [0, 0.05) is 32.5 Å². The number of nitrogens with one attached hydrogen (secondary N) is 1. The van der Waals surface area contributed by atoms with Gasteiger partial charge in [0.1, 0.15) is 12.4 Å². The third-order valence-corrected chi connectivity index (χ3v) is 8.48. The van der Waals surface area contributed by atoms with E-state index in [1.807, 2.05) is 24.3 Å². The molecule has 1 saturated heterocycles. The van der Waals surface area contributed by atoms with Crippen molar-refractivity contribution >= 4 is 44.2 Å². The number of benzene rings is 2. The molecule has 2 amide bonds. The highest BCUT2D eigenvalue weighted by molar-refractivity contribution is 7.89. The van der Waals surface area contributed by atoms with Gasteiger partial charge in [-0.2, -0.15) is 4.31 Å². The van der Waals surface area contributed by atoms with Gasteiger partial charge >= 0.3 is 0 Å². The third-order valence-electron chi connectivity index (χ3n) is 6.58. The van der Waals surface area contributed by atoms with Crippen LogP contribution in [0, 0.1) is 0 Å². The Kier molecular flexibility index (Phi) is 6.33. The normalized spacial score (nSPS) is 16.5. The van der Waals surface area contributed by atoms with Crippen LogP contribution in [0.2, 0.25) is 0 Å². The molecule has 0 aliphatic carbocycles. The zero-order valence-electron chi connectivity index (χ0n) is 19.7. The third kappa shape index (κ3) is 4.43. The molecule has 35 heavy (non-hydrogen) atoms. The molecular formula is C25H29N5O4S. The second kappa shape index (κ2) is 9.43. The summed E-state index contributed by atoms with van der Waals surface area (Å²) >= 11 is 0. The molecule has 3 aromatic rings. The Morgan fingerprint density at radius 3 is 2.66 bits per heavy atom.